The van der Waals surface area contributed by atoms with Gasteiger partial charge in [0.25, 0.3) is 0 Å². The third kappa shape index (κ3) is 4.03. The second-order valence-electron chi connectivity index (χ2n) is 5.55. The first kappa shape index (κ1) is 17.5. The normalized spacial score (nSPS) is 10.3. The van der Waals surface area contributed by atoms with Crippen molar-refractivity contribution in [3.63, 3.8) is 0 Å². The topological polar surface area (TPSA) is 68.3 Å². The Morgan fingerprint density at radius 3 is 2.42 bits per heavy atom. The Hall–Kier alpha value is -3.28. The summed E-state index contributed by atoms with van der Waals surface area (Å²) in [4.78, 5) is 9.13. The highest BCUT2D eigenvalue weighted by Crippen LogP contribution is 2.32. The van der Waals surface area contributed by atoms with E-state index in [9.17, 15) is 0 Å². The zero-order valence-electron chi connectivity index (χ0n) is 15.1. The van der Waals surface area contributed by atoms with Crippen LogP contribution < -0.4 is 20.1 Å². The van der Waals surface area contributed by atoms with Gasteiger partial charge >= 0.3 is 0 Å². The SMILES string of the molecule is CCNc1nc(Nc2ccc(OC)cc2OC)cc(-c2ccccc2)n1. The Morgan fingerprint density at radius 2 is 1.73 bits per heavy atom. The Labute approximate surface area is 153 Å². The largest absolute Gasteiger partial charge is 0.497 e. The molecule has 0 aliphatic rings. The summed E-state index contributed by atoms with van der Waals surface area (Å²) in [5.41, 5.74) is 2.67. The number of ether oxygens (including phenoxy) is 2. The molecule has 1 aromatic heterocycles. The summed E-state index contributed by atoms with van der Waals surface area (Å²) in [5, 5.41) is 6.49. The molecular formula is C20H22N4O2. The molecule has 0 saturated carbocycles. The first-order chi connectivity index (χ1) is 12.7. The quantitative estimate of drug-likeness (QED) is 0.661. The molecule has 6 nitrogen and oxygen atoms in total. The molecule has 1 heterocycles. The van der Waals surface area contributed by atoms with Gasteiger partial charge in [0.2, 0.25) is 5.95 Å². The average molecular weight is 350 g/mol. The summed E-state index contributed by atoms with van der Waals surface area (Å²) < 4.78 is 10.7. The first-order valence-corrected chi connectivity index (χ1v) is 8.41. The lowest BCUT2D eigenvalue weighted by Crippen LogP contribution is -2.06. The van der Waals surface area contributed by atoms with Gasteiger partial charge in [-0.05, 0) is 19.1 Å². The Bertz CT molecular complexity index is 869. The smallest absolute Gasteiger partial charge is 0.225 e. The van der Waals surface area contributed by atoms with Gasteiger partial charge in [-0.2, -0.15) is 4.98 Å². The van der Waals surface area contributed by atoms with Crippen LogP contribution in [0.4, 0.5) is 17.5 Å². The molecule has 0 aliphatic heterocycles. The van der Waals surface area contributed by atoms with Crippen molar-refractivity contribution in [1.29, 1.82) is 0 Å². The van der Waals surface area contributed by atoms with E-state index in [0.717, 1.165) is 29.2 Å². The molecule has 0 saturated heterocycles. The fraction of sp³-hybridized carbons (Fsp3) is 0.200. The summed E-state index contributed by atoms with van der Waals surface area (Å²) >= 11 is 0. The molecule has 3 rings (SSSR count). The second kappa shape index (κ2) is 8.20. The number of hydrogen-bond acceptors (Lipinski definition) is 6. The van der Waals surface area contributed by atoms with Crippen LogP contribution in [-0.2, 0) is 0 Å². The predicted molar refractivity (Wildman–Crippen MR) is 104 cm³/mol. The van der Waals surface area contributed by atoms with Crippen molar-refractivity contribution in [1.82, 2.24) is 9.97 Å². The van der Waals surface area contributed by atoms with E-state index in [2.05, 4.69) is 20.6 Å². The third-order valence-electron chi connectivity index (χ3n) is 3.80. The molecule has 3 aromatic rings. The summed E-state index contributed by atoms with van der Waals surface area (Å²) in [6.07, 6.45) is 0. The van der Waals surface area contributed by atoms with E-state index < -0.39 is 0 Å². The maximum Gasteiger partial charge on any atom is 0.225 e. The van der Waals surface area contributed by atoms with Crippen LogP contribution in [-0.4, -0.2) is 30.7 Å². The number of nitrogens with zero attached hydrogens (tertiary/aromatic N) is 2. The van der Waals surface area contributed by atoms with Gasteiger partial charge in [0.1, 0.15) is 17.3 Å². The third-order valence-corrected chi connectivity index (χ3v) is 3.80. The highest BCUT2D eigenvalue weighted by molar-refractivity contribution is 5.70. The minimum absolute atomic E-state index is 0.573. The molecule has 0 atom stereocenters. The number of hydrogen-bond donors (Lipinski definition) is 2. The van der Waals surface area contributed by atoms with Crippen molar-refractivity contribution >= 4 is 17.5 Å². The van der Waals surface area contributed by atoms with Gasteiger partial charge in [-0.25, -0.2) is 4.98 Å². The molecule has 26 heavy (non-hydrogen) atoms. The number of methoxy groups -OCH3 is 2. The number of aromatic nitrogens is 2. The van der Waals surface area contributed by atoms with Crippen LogP contribution in [0.2, 0.25) is 0 Å². The summed E-state index contributed by atoms with van der Waals surface area (Å²) in [6, 6.07) is 17.5. The van der Waals surface area contributed by atoms with Gasteiger partial charge in [0.15, 0.2) is 0 Å². The van der Waals surface area contributed by atoms with E-state index in [1.807, 2.05) is 61.5 Å². The van der Waals surface area contributed by atoms with Crippen molar-refractivity contribution in [2.45, 2.75) is 6.92 Å². The maximum atomic E-state index is 5.45. The highest BCUT2D eigenvalue weighted by atomic mass is 16.5. The predicted octanol–water partition coefficient (Wildman–Crippen LogP) is 4.34. The molecule has 2 N–H and O–H groups in total. The first-order valence-electron chi connectivity index (χ1n) is 8.41. The summed E-state index contributed by atoms with van der Waals surface area (Å²) in [5.74, 6) is 2.66. The van der Waals surface area contributed by atoms with Crippen LogP contribution in [0.25, 0.3) is 11.3 Å². The van der Waals surface area contributed by atoms with E-state index in [4.69, 9.17) is 9.47 Å². The molecule has 0 radical (unpaired) electrons. The minimum Gasteiger partial charge on any atom is -0.497 e. The van der Waals surface area contributed by atoms with Crippen molar-refractivity contribution in [3.05, 3.63) is 54.6 Å². The molecule has 134 valence electrons. The van der Waals surface area contributed by atoms with Gasteiger partial charge < -0.3 is 20.1 Å². The molecule has 0 fully saturated rings. The van der Waals surface area contributed by atoms with Crippen LogP contribution >= 0.6 is 0 Å². The van der Waals surface area contributed by atoms with Gasteiger partial charge in [-0.1, -0.05) is 30.3 Å². The summed E-state index contributed by atoms with van der Waals surface area (Å²) in [7, 11) is 3.25. The standard InChI is InChI=1S/C20H22N4O2/c1-4-21-20-23-17(14-8-6-5-7-9-14)13-19(24-20)22-16-11-10-15(25-2)12-18(16)26-3/h5-13H,4H2,1-3H3,(H2,21,22,23,24). The lowest BCUT2D eigenvalue weighted by molar-refractivity contribution is 0.395. The monoisotopic (exact) mass is 350 g/mol. The number of benzene rings is 2. The van der Waals surface area contributed by atoms with Crippen molar-refractivity contribution in [2.75, 3.05) is 31.4 Å². The molecule has 0 aliphatic carbocycles. The molecule has 0 spiro atoms. The average Bonchev–Trinajstić information content (AvgIpc) is 2.69. The Kier molecular flexibility index (Phi) is 5.53. The second-order valence-corrected chi connectivity index (χ2v) is 5.55. The summed E-state index contributed by atoms with van der Waals surface area (Å²) in [6.45, 7) is 2.75. The van der Waals surface area contributed by atoms with Gasteiger partial charge in [-0.15, -0.1) is 0 Å². The highest BCUT2D eigenvalue weighted by Gasteiger charge is 2.10. The van der Waals surface area contributed by atoms with Gasteiger partial charge in [0, 0.05) is 24.2 Å². The molecular weight excluding hydrogens is 328 g/mol. The van der Waals surface area contributed by atoms with Crippen LogP contribution in [0, 0.1) is 0 Å². The van der Waals surface area contributed by atoms with Crippen LogP contribution in [0.3, 0.4) is 0 Å². The molecule has 6 heteroatoms. The van der Waals surface area contributed by atoms with Gasteiger partial charge in [0.05, 0.1) is 25.6 Å². The van der Waals surface area contributed by atoms with Gasteiger partial charge in [-0.3, -0.25) is 0 Å². The maximum absolute atomic E-state index is 5.45. The molecule has 0 unspecified atom stereocenters. The van der Waals surface area contributed by atoms with Crippen molar-refractivity contribution in [2.24, 2.45) is 0 Å². The lowest BCUT2D eigenvalue weighted by Gasteiger charge is -2.14. The zero-order valence-corrected chi connectivity index (χ0v) is 15.1. The van der Waals surface area contributed by atoms with E-state index >= 15 is 0 Å². The Morgan fingerprint density at radius 1 is 0.923 bits per heavy atom. The fourth-order valence-corrected chi connectivity index (χ4v) is 2.55. The lowest BCUT2D eigenvalue weighted by atomic mass is 10.1. The number of nitrogens with one attached hydrogen (secondary N) is 2. The fourth-order valence-electron chi connectivity index (χ4n) is 2.55. The number of anilines is 3. The van der Waals surface area contributed by atoms with Crippen molar-refractivity contribution < 1.29 is 9.47 Å². The number of rotatable bonds is 7. The molecule has 0 amide bonds. The van der Waals surface area contributed by atoms with Crippen molar-refractivity contribution in [3.8, 4) is 22.8 Å². The molecule has 0 bridgehead atoms. The van der Waals surface area contributed by atoms with E-state index in [0.29, 0.717) is 17.5 Å². The van der Waals surface area contributed by atoms with Crippen LogP contribution in [0.1, 0.15) is 6.92 Å². The van der Waals surface area contributed by atoms with Crippen LogP contribution in [0.5, 0.6) is 11.5 Å². The van der Waals surface area contributed by atoms with E-state index in [1.54, 1.807) is 14.2 Å². The van der Waals surface area contributed by atoms with Crippen LogP contribution in [0.15, 0.2) is 54.6 Å². The minimum atomic E-state index is 0.573. The van der Waals surface area contributed by atoms with E-state index in [-0.39, 0.29) is 0 Å². The Balaban J connectivity index is 1.98. The zero-order chi connectivity index (χ0) is 18.4. The molecule has 2 aromatic carbocycles. The van der Waals surface area contributed by atoms with E-state index in [1.165, 1.54) is 0 Å².